The Morgan fingerprint density at radius 2 is 1.08 bits per heavy atom. The second kappa shape index (κ2) is 9.65. The maximum absolute atomic E-state index is 8.24. The van der Waals surface area contributed by atoms with Gasteiger partial charge in [-0.2, -0.15) is 0 Å². The van der Waals surface area contributed by atoms with Crippen LogP contribution < -0.4 is 0 Å². The SMILES string of the molecule is C[CH2][Zr]([Cl])([Cl])([CH]1C(C)=Cc2c(-c3ccccn3)ccc(C)c21)[CH]1C(C)=Cc2c(-c3ccccn3)ccc(C)c21. The monoisotopic (exact) mass is 629 g/mol. The van der Waals surface area contributed by atoms with Crippen LogP contribution in [0, 0.1) is 13.8 Å². The zero-order valence-electron chi connectivity index (χ0n) is 23.1. The summed E-state index contributed by atoms with van der Waals surface area (Å²) in [5.74, 6) is 0. The normalized spacial score (nSPS) is 19.1. The molecular weight excluding hydrogens is 599 g/mol. The van der Waals surface area contributed by atoms with E-state index in [0.29, 0.717) is 0 Å². The summed E-state index contributed by atoms with van der Waals surface area (Å²) in [6.07, 6.45) is 8.38. The number of benzene rings is 2. The second-order valence-corrected chi connectivity index (χ2v) is 34.2. The molecule has 0 saturated heterocycles. The maximum atomic E-state index is 8.24. The fourth-order valence-corrected chi connectivity index (χ4v) is 26.5. The van der Waals surface area contributed by atoms with Crippen molar-refractivity contribution in [1.29, 1.82) is 0 Å². The molecule has 0 fully saturated rings. The number of nitrogens with zero attached hydrogens (tertiary/aromatic N) is 2. The number of aromatic nitrogens is 2. The number of rotatable bonds is 5. The van der Waals surface area contributed by atoms with Crippen LogP contribution in [0.3, 0.4) is 0 Å². The molecule has 2 heterocycles. The van der Waals surface area contributed by atoms with Gasteiger partial charge in [-0.3, -0.25) is 0 Å². The van der Waals surface area contributed by atoms with E-state index in [-0.39, 0.29) is 7.25 Å². The van der Waals surface area contributed by atoms with Crippen LogP contribution in [-0.4, -0.2) is 9.97 Å². The molecule has 2 nitrogen and oxygen atoms in total. The summed E-state index contributed by atoms with van der Waals surface area (Å²) in [5.41, 5.74) is 14.3. The van der Waals surface area contributed by atoms with Crippen molar-refractivity contribution in [2.45, 2.75) is 46.0 Å². The van der Waals surface area contributed by atoms with Crippen molar-refractivity contribution in [2.24, 2.45) is 0 Å². The average Bonchev–Trinajstić information content (AvgIpc) is 3.49. The predicted octanol–water partition coefficient (Wildman–Crippen LogP) is 10.5. The van der Waals surface area contributed by atoms with Crippen LogP contribution in [0.25, 0.3) is 34.7 Å². The van der Waals surface area contributed by atoms with Gasteiger partial charge in [-0.15, -0.1) is 0 Å². The second-order valence-electron chi connectivity index (χ2n) is 11.3. The third kappa shape index (κ3) is 4.07. The number of pyridine rings is 2. The standard InChI is InChI=1S/2C16H14N.C2H5.2ClH.Zr/c2*1-11-9-14-12(2)6-7-13(15(14)10-11)16-5-3-4-8-17-16;1-2;;;/h2*3-10H,1-2H3;1H2,2H3;2*1H;/q;;;;;+2/p-2. The van der Waals surface area contributed by atoms with E-state index >= 15 is 0 Å². The van der Waals surface area contributed by atoms with Gasteiger partial charge in [-0.1, -0.05) is 0 Å². The summed E-state index contributed by atoms with van der Waals surface area (Å²) in [6.45, 7) is 11.1. The first-order valence-corrected chi connectivity index (χ1v) is 24.6. The van der Waals surface area contributed by atoms with E-state index in [1.165, 1.54) is 44.5 Å². The molecule has 2 aliphatic rings. The Labute approximate surface area is 240 Å². The van der Waals surface area contributed by atoms with Crippen molar-refractivity contribution in [3.8, 4) is 22.5 Å². The number of halogens is 2. The number of fused-ring (bicyclic) bond motifs is 2. The predicted molar refractivity (Wildman–Crippen MR) is 164 cm³/mol. The van der Waals surface area contributed by atoms with Crippen LogP contribution in [0.2, 0.25) is 4.13 Å². The molecular formula is C34H33Cl2N2Zr. The van der Waals surface area contributed by atoms with Crippen LogP contribution in [0.15, 0.2) is 84.2 Å². The van der Waals surface area contributed by atoms with Gasteiger partial charge < -0.3 is 0 Å². The van der Waals surface area contributed by atoms with Crippen LogP contribution >= 0.6 is 17.0 Å². The fourth-order valence-electron chi connectivity index (χ4n) is 7.23. The summed E-state index contributed by atoms with van der Waals surface area (Å²) in [4.78, 5) is 9.36. The summed E-state index contributed by atoms with van der Waals surface area (Å²) < 4.78 is 0.835. The Kier molecular flexibility index (Phi) is 6.65. The van der Waals surface area contributed by atoms with E-state index in [9.17, 15) is 0 Å². The van der Waals surface area contributed by atoms with E-state index in [1.54, 1.807) is 0 Å². The Bertz CT molecular complexity index is 1550. The van der Waals surface area contributed by atoms with Gasteiger partial charge >= 0.3 is 242 Å². The molecule has 0 radical (unpaired) electrons. The van der Waals surface area contributed by atoms with E-state index in [4.69, 9.17) is 17.0 Å². The summed E-state index contributed by atoms with van der Waals surface area (Å²) in [7, 11) is 16.5. The van der Waals surface area contributed by atoms with Gasteiger partial charge in [0.2, 0.25) is 0 Å². The van der Waals surface area contributed by atoms with Crippen molar-refractivity contribution >= 4 is 29.2 Å². The third-order valence-electron chi connectivity index (χ3n) is 8.98. The molecule has 2 aromatic heterocycles. The third-order valence-corrected chi connectivity index (χ3v) is 30.1. The molecule has 0 spiro atoms. The van der Waals surface area contributed by atoms with Gasteiger partial charge in [0.05, 0.1) is 0 Å². The number of hydrogen-bond donors (Lipinski definition) is 0. The van der Waals surface area contributed by atoms with Gasteiger partial charge in [0.1, 0.15) is 0 Å². The molecule has 2 atom stereocenters. The molecule has 0 bridgehead atoms. The van der Waals surface area contributed by atoms with E-state index < -0.39 is 16.4 Å². The van der Waals surface area contributed by atoms with Crippen LogP contribution in [0.1, 0.15) is 61.4 Å². The first kappa shape index (κ1) is 26.9. The van der Waals surface area contributed by atoms with E-state index in [1.807, 2.05) is 36.7 Å². The Morgan fingerprint density at radius 3 is 1.44 bits per heavy atom. The molecule has 0 N–H and O–H groups in total. The molecule has 0 aliphatic heterocycles. The fraction of sp³-hybridized carbons (Fsp3) is 0.235. The molecule has 2 aromatic carbocycles. The zero-order valence-corrected chi connectivity index (χ0v) is 27.1. The zero-order chi connectivity index (χ0) is 27.6. The first-order valence-electron chi connectivity index (χ1n) is 13.7. The van der Waals surface area contributed by atoms with Crippen molar-refractivity contribution < 1.29 is 16.4 Å². The summed E-state index contributed by atoms with van der Waals surface area (Å²) in [6, 6.07) is 21.0. The Hall–Kier alpha value is -2.32. The van der Waals surface area contributed by atoms with Crippen molar-refractivity contribution in [3.05, 3.63) is 118 Å². The Balaban J connectivity index is 1.58. The van der Waals surface area contributed by atoms with Gasteiger partial charge in [-0.05, 0) is 0 Å². The van der Waals surface area contributed by atoms with Crippen LogP contribution in [0.5, 0.6) is 0 Å². The molecule has 0 amide bonds. The topological polar surface area (TPSA) is 25.8 Å². The molecule has 5 heteroatoms. The summed E-state index contributed by atoms with van der Waals surface area (Å²) in [5, 5.41) is 0. The number of aryl methyl sites for hydroxylation is 2. The average molecular weight is 632 g/mol. The van der Waals surface area contributed by atoms with E-state index in [0.717, 1.165) is 26.6 Å². The molecule has 39 heavy (non-hydrogen) atoms. The van der Waals surface area contributed by atoms with Crippen LogP contribution in [0.4, 0.5) is 0 Å². The van der Waals surface area contributed by atoms with Crippen LogP contribution in [-0.2, 0) is 16.4 Å². The van der Waals surface area contributed by atoms with Crippen molar-refractivity contribution in [2.75, 3.05) is 0 Å². The van der Waals surface area contributed by atoms with Gasteiger partial charge in [0, 0.05) is 0 Å². The molecule has 0 saturated carbocycles. The van der Waals surface area contributed by atoms with E-state index in [2.05, 4.69) is 93.1 Å². The van der Waals surface area contributed by atoms with Gasteiger partial charge in [0.25, 0.3) is 0 Å². The molecule has 6 rings (SSSR count). The Morgan fingerprint density at radius 1 is 0.641 bits per heavy atom. The quantitative estimate of drug-likeness (QED) is 0.219. The number of hydrogen-bond acceptors (Lipinski definition) is 2. The van der Waals surface area contributed by atoms with Crippen molar-refractivity contribution in [3.63, 3.8) is 0 Å². The molecule has 2 unspecified atom stereocenters. The minimum absolute atomic E-state index is 0.0237. The minimum atomic E-state index is -4.76. The van der Waals surface area contributed by atoms with Crippen molar-refractivity contribution in [1.82, 2.24) is 9.97 Å². The summed E-state index contributed by atoms with van der Waals surface area (Å²) >= 11 is -4.76. The van der Waals surface area contributed by atoms with Gasteiger partial charge in [-0.25, -0.2) is 0 Å². The van der Waals surface area contributed by atoms with Gasteiger partial charge in [0.15, 0.2) is 0 Å². The first-order chi connectivity index (χ1) is 18.6. The number of allylic oxidation sites excluding steroid dienone is 2. The molecule has 197 valence electrons. The molecule has 2 aliphatic carbocycles. The molecule has 4 aromatic rings.